The lowest BCUT2D eigenvalue weighted by molar-refractivity contribution is -0.135. The number of rotatable bonds is 7. The molecule has 3 atom stereocenters. The van der Waals surface area contributed by atoms with E-state index in [-0.39, 0.29) is 59.3 Å². The Morgan fingerprint density at radius 1 is 1.12 bits per heavy atom. The number of pyridine rings is 1. The van der Waals surface area contributed by atoms with Gasteiger partial charge in [-0.25, -0.2) is 0 Å². The molecule has 1 fully saturated rings. The topological polar surface area (TPSA) is 151 Å². The molecule has 0 spiro atoms. The SMILES string of the molecule is COc1cc([C@H](CC(=O)NCC(=O)N2C[C@@H]3C[C@H](C2)c2cccc(=O)n2C3)c2oc(C)cc(=O)c2O)ccc1O. The number of amides is 2. The predicted molar refractivity (Wildman–Crippen MR) is 144 cm³/mol. The number of likely N-dealkylation sites (tertiary alicyclic amines) is 1. The Morgan fingerprint density at radius 3 is 2.70 bits per heavy atom. The van der Waals surface area contributed by atoms with Gasteiger partial charge in [0.15, 0.2) is 17.3 Å². The number of nitrogens with one attached hydrogen (secondary N) is 1. The molecular formula is C29H31N3O8. The molecule has 2 aliphatic heterocycles. The summed E-state index contributed by atoms with van der Waals surface area (Å²) in [6.45, 7) is 2.86. The standard InChI is InChI=1S/C29H31N3O8/c1-16-8-23(34)28(38)29(40-16)20(18-6-7-22(33)24(10-18)39-2)11-25(35)30-12-27(37)31-13-17-9-19(15-31)21-4-3-5-26(36)32(21)14-17/h3-8,10,17,19-20,33,38H,9,11-15H2,1-2H3,(H,30,35)/t17-,19+,20-/m0/s1. The molecule has 2 aliphatic rings. The molecule has 40 heavy (non-hydrogen) atoms. The van der Waals surface area contributed by atoms with Gasteiger partial charge in [-0.1, -0.05) is 12.1 Å². The Morgan fingerprint density at radius 2 is 1.93 bits per heavy atom. The molecule has 210 valence electrons. The lowest BCUT2D eigenvalue weighted by atomic mass is 9.83. The summed E-state index contributed by atoms with van der Waals surface area (Å²) in [5.74, 6) is -1.85. The van der Waals surface area contributed by atoms with E-state index in [1.54, 1.807) is 34.6 Å². The third-order valence-corrected chi connectivity index (χ3v) is 7.65. The average Bonchev–Trinajstić information content (AvgIpc) is 2.93. The van der Waals surface area contributed by atoms with Gasteiger partial charge in [0, 0.05) is 49.8 Å². The van der Waals surface area contributed by atoms with Gasteiger partial charge in [-0.15, -0.1) is 0 Å². The number of methoxy groups -OCH3 is 1. The zero-order valence-electron chi connectivity index (χ0n) is 22.3. The van der Waals surface area contributed by atoms with Gasteiger partial charge in [-0.3, -0.25) is 19.2 Å². The Kier molecular flexibility index (Phi) is 7.38. The van der Waals surface area contributed by atoms with Gasteiger partial charge in [0.2, 0.25) is 23.0 Å². The van der Waals surface area contributed by atoms with Crippen LogP contribution in [-0.2, 0) is 16.1 Å². The van der Waals surface area contributed by atoms with Crippen LogP contribution in [0.3, 0.4) is 0 Å². The van der Waals surface area contributed by atoms with Crippen LogP contribution in [0.5, 0.6) is 17.2 Å². The number of carbonyl (C=O) groups excluding carboxylic acids is 2. The van der Waals surface area contributed by atoms with Gasteiger partial charge in [0.1, 0.15) is 5.76 Å². The van der Waals surface area contributed by atoms with Crippen LogP contribution in [0.4, 0.5) is 0 Å². The maximum Gasteiger partial charge on any atom is 0.250 e. The normalized spacial score (nSPS) is 18.5. The molecule has 3 aromatic rings. The van der Waals surface area contributed by atoms with Gasteiger partial charge in [0.05, 0.1) is 19.6 Å². The van der Waals surface area contributed by atoms with Crippen molar-refractivity contribution in [3.05, 3.63) is 85.8 Å². The van der Waals surface area contributed by atoms with Crippen molar-refractivity contribution in [3.8, 4) is 17.2 Å². The third-order valence-electron chi connectivity index (χ3n) is 7.65. The smallest absolute Gasteiger partial charge is 0.250 e. The van der Waals surface area contributed by atoms with Crippen LogP contribution in [0.25, 0.3) is 0 Å². The number of fused-ring (bicyclic) bond motifs is 4. The summed E-state index contributed by atoms with van der Waals surface area (Å²) >= 11 is 0. The number of aryl methyl sites for hydroxylation is 1. The van der Waals surface area contributed by atoms with E-state index in [1.807, 2.05) is 6.07 Å². The number of piperidine rings is 1. The van der Waals surface area contributed by atoms with Crippen LogP contribution in [-0.4, -0.2) is 58.2 Å². The van der Waals surface area contributed by atoms with E-state index < -0.39 is 23.0 Å². The number of hydrogen-bond donors (Lipinski definition) is 3. The predicted octanol–water partition coefficient (Wildman–Crippen LogP) is 1.81. The second-order valence-electron chi connectivity index (χ2n) is 10.4. The van der Waals surface area contributed by atoms with E-state index >= 15 is 0 Å². The van der Waals surface area contributed by atoms with Crippen LogP contribution in [0.15, 0.2) is 56.5 Å². The quantitative estimate of drug-likeness (QED) is 0.404. The first-order chi connectivity index (χ1) is 19.1. The highest BCUT2D eigenvalue weighted by atomic mass is 16.5. The number of ether oxygens (including phenoxy) is 1. The molecule has 0 saturated carbocycles. The number of phenolic OH excluding ortho intramolecular Hbond substituents is 1. The maximum absolute atomic E-state index is 13.1. The highest BCUT2D eigenvalue weighted by molar-refractivity contribution is 5.85. The average molecular weight is 550 g/mol. The van der Waals surface area contributed by atoms with Crippen molar-refractivity contribution in [1.29, 1.82) is 0 Å². The van der Waals surface area contributed by atoms with Crippen molar-refractivity contribution < 1.29 is 29.0 Å². The lowest BCUT2D eigenvalue weighted by Gasteiger charge is -2.42. The molecule has 2 bridgehead atoms. The molecule has 11 heteroatoms. The highest BCUT2D eigenvalue weighted by Crippen LogP contribution is 2.37. The second-order valence-corrected chi connectivity index (χ2v) is 10.4. The fraction of sp³-hybridized carbons (Fsp3) is 0.379. The monoisotopic (exact) mass is 549 g/mol. The first-order valence-corrected chi connectivity index (χ1v) is 13.1. The Balaban J connectivity index is 1.31. The van der Waals surface area contributed by atoms with E-state index in [4.69, 9.17) is 9.15 Å². The molecule has 0 unspecified atom stereocenters. The Hall–Kier alpha value is -4.54. The largest absolute Gasteiger partial charge is 0.504 e. The molecule has 0 radical (unpaired) electrons. The van der Waals surface area contributed by atoms with Crippen molar-refractivity contribution >= 4 is 11.8 Å². The van der Waals surface area contributed by atoms with Gasteiger partial charge >= 0.3 is 0 Å². The molecule has 4 heterocycles. The maximum atomic E-state index is 13.1. The molecule has 2 amide bonds. The van der Waals surface area contributed by atoms with Crippen LogP contribution in [0.1, 0.15) is 47.5 Å². The van der Waals surface area contributed by atoms with Gasteiger partial charge in [-0.05, 0) is 43.0 Å². The lowest BCUT2D eigenvalue weighted by Crippen LogP contribution is -2.51. The minimum absolute atomic E-state index is 0.0319. The van der Waals surface area contributed by atoms with Crippen molar-refractivity contribution in [3.63, 3.8) is 0 Å². The molecule has 1 aromatic carbocycles. The molecule has 2 aromatic heterocycles. The molecule has 0 aliphatic carbocycles. The van der Waals surface area contributed by atoms with Crippen molar-refractivity contribution in [2.45, 2.75) is 38.1 Å². The summed E-state index contributed by atoms with van der Waals surface area (Å²) in [6, 6.07) is 10.8. The molecular weight excluding hydrogens is 518 g/mol. The van der Waals surface area contributed by atoms with Crippen molar-refractivity contribution in [2.75, 3.05) is 26.7 Å². The van der Waals surface area contributed by atoms with Gasteiger partial charge < -0.3 is 34.2 Å². The summed E-state index contributed by atoms with van der Waals surface area (Å²) in [6.07, 6.45) is 0.658. The molecule has 11 nitrogen and oxygen atoms in total. The van der Waals surface area contributed by atoms with Crippen LogP contribution >= 0.6 is 0 Å². The van der Waals surface area contributed by atoms with E-state index in [1.165, 1.54) is 19.2 Å². The number of nitrogens with zero attached hydrogens (tertiary/aromatic N) is 2. The molecule has 1 saturated heterocycles. The Bertz CT molecular complexity index is 1580. The molecule has 3 N–H and O–H groups in total. The number of hydrogen-bond acceptors (Lipinski definition) is 8. The van der Waals surface area contributed by atoms with E-state index in [9.17, 15) is 29.4 Å². The van der Waals surface area contributed by atoms with Gasteiger partial charge in [0.25, 0.3) is 5.56 Å². The highest BCUT2D eigenvalue weighted by Gasteiger charge is 2.36. The fourth-order valence-electron chi connectivity index (χ4n) is 5.78. The number of phenols is 1. The summed E-state index contributed by atoms with van der Waals surface area (Å²) in [4.78, 5) is 52.5. The number of carbonyl (C=O) groups is 2. The number of aromatic nitrogens is 1. The summed E-state index contributed by atoms with van der Waals surface area (Å²) in [5, 5.41) is 23.2. The first-order valence-electron chi connectivity index (χ1n) is 13.1. The van der Waals surface area contributed by atoms with E-state index in [0.717, 1.165) is 18.2 Å². The zero-order valence-corrected chi connectivity index (χ0v) is 22.3. The van der Waals surface area contributed by atoms with Crippen molar-refractivity contribution in [2.24, 2.45) is 5.92 Å². The molecule has 5 rings (SSSR count). The van der Waals surface area contributed by atoms with E-state index in [0.29, 0.717) is 25.2 Å². The van der Waals surface area contributed by atoms with Crippen LogP contribution in [0, 0.1) is 12.8 Å². The summed E-state index contributed by atoms with van der Waals surface area (Å²) in [5.41, 5.74) is 0.704. The minimum Gasteiger partial charge on any atom is -0.504 e. The van der Waals surface area contributed by atoms with Gasteiger partial charge in [-0.2, -0.15) is 0 Å². The van der Waals surface area contributed by atoms with Crippen LogP contribution < -0.4 is 21.0 Å². The minimum atomic E-state index is -0.902. The third kappa shape index (κ3) is 5.31. The number of benzene rings is 1. The fourth-order valence-corrected chi connectivity index (χ4v) is 5.78. The number of aromatic hydroxyl groups is 2. The van der Waals surface area contributed by atoms with E-state index in [2.05, 4.69) is 5.32 Å². The second kappa shape index (κ2) is 10.9. The summed E-state index contributed by atoms with van der Waals surface area (Å²) in [7, 11) is 1.38. The first kappa shape index (κ1) is 27.0. The Labute approximate surface area is 229 Å². The van der Waals surface area contributed by atoms with Crippen LogP contribution in [0.2, 0.25) is 0 Å². The van der Waals surface area contributed by atoms with Crippen molar-refractivity contribution in [1.82, 2.24) is 14.8 Å². The summed E-state index contributed by atoms with van der Waals surface area (Å²) < 4.78 is 12.7. The zero-order chi connectivity index (χ0) is 28.6.